The summed E-state index contributed by atoms with van der Waals surface area (Å²) in [5.74, 6) is 1.39. The minimum Gasteiger partial charge on any atom is -0.496 e. The summed E-state index contributed by atoms with van der Waals surface area (Å²) >= 11 is 0. The molecule has 0 radical (unpaired) electrons. The summed E-state index contributed by atoms with van der Waals surface area (Å²) in [5.41, 5.74) is 3.29. The van der Waals surface area contributed by atoms with Gasteiger partial charge in [-0.1, -0.05) is 24.3 Å². The Hall–Kier alpha value is -2.75. The minimum atomic E-state index is -0.162. The molecule has 2 rings (SSSR count). The maximum absolute atomic E-state index is 11.8. The van der Waals surface area contributed by atoms with Crippen LogP contribution in [0.25, 0.3) is 6.08 Å². The Bertz CT molecular complexity index is 723. The zero-order valence-electron chi connectivity index (χ0n) is 14.3. The Labute approximate surface area is 143 Å². The molecule has 0 atom stereocenters. The van der Waals surface area contributed by atoms with Gasteiger partial charge in [0.1, 0.15) is 18.1 Å². The summed E-state index contributed by atoms with van der Waals surface area (Å²) < 4.78 is 10.9. The minimum absolute atomic E-state index is 0.162. The largest absolute Gasteiger partial charge is 0.496 e. The molecule has 0 unspecified atom stereocenters. The Morgan fingerprint density at radius 1 is 1.12 bits per heavy atom. The summed E-state index contributed by atoms with van der Waals surface area (Å²) in [6.07, 6.45) is 3.23. The fourth-order valence-corrected chi connectivity index (χ4v) is 2.18. The van der Waals surface area contributed by atoms with Gasteiger partial charge in [-0.25, -0.2) is 0 Å². The maximum Gasteiger partial charge on any atom is 0.244 e. The molecular formula is C20H23NO3. The smallest absolute Gasteiger partial charge is 0.244 e. The number of aryl methyl sites for hydroxylation is 2. The quantitative estimate of drug-likeness (QED) is 0.626. The van der Waals surface area contributed by atoms with Gasteiger partial charge in [-0.3, -0.25) is 4.79 Å². The lowest BCUT2D eigenvalue weighted by Gasteiger charge is -2.08. The fourth-order valence-electron chi connectivity index (χ4n) is 2.18. The van der Waals surface area contributed by atoms with Crippen molar-refractivity contribution in [3.8, 4) is 11.5 Å². The average Bonchev–Trinajstić information content (AvgIpc) is 2.60. The number of hydrogen-bond acceptors (Lipinski definition) is 3. The molecule has 0 bridgehead atoms. The zero-order chi connectivity index (χ0) is 17.4. The summed E-state index contributed by atoms with van der Waals surface area (Å²) in [5, 5.41) is 2.80. The molecule has 0 fully saturated rings. The van der Waals surface area contributed by atoms with Crippen LogP contribution in [-0.4, -0.2) is 26.2 Å². The average molecular weight is 325 g/mol. The molecular weight excluding hydrogens is 302 g/mol. The third-order valence-corrected chi connectivity index (χ3v) is 3.70. The highest BCUT2D eigenvalue weighted by Crippen LogP contribution is 2.18. The SMILES string of the molecule is COc1ccccc1/C=C/C(=O)NCCOc1ccc(C)c(C)c1. The molecule has 0 heterocycles. The molecule has 0 aromatic heterocycles. The van der Waals surface area contributed by atoms with E-state index in [1.807, 2.05) is 49.4 Å². The molecule has 1 amide bonds. The van der Waals surface area contributed by atoms with E-state index in [4.69, 9.17) is 9.47 Å². The van der Waals surface area contributed by atoms with Crippen LogP contribution in [0.5, 0.6) is 11.5 Å². The van der Waals surface area contributed by atoms with Crippen LogP contribution in [0.2, 0.25) is 0 Å². The van der Waals surface area contributed by atoms with E-state index < -0.39 is 0 Å². The lowest BCUT2D eigenvalue weighted by molar-refractivity contribution is -0.116. The molecule has 2 aromatic rings. The lowest BCUT2D eigenvalue weighted by Crippen LogP contribution is -2.26. The van der Waals surface area contributed by atoms with Gasteiger partial charge in [0.15, 0.2) is 0 Å². The predicted molar refractivity (Wildman–Crippen MR) is 96.4 cm³/mol. The third-order valence-electron chi connectivity index (χ3n) is 3.70. The number of rotatable bonds is 7. The van der Waals surface area contributed by atoms with Crippen molar-refractivity contribution in [2.45, 2.75) is 13.8 Å². The summed E-state index contributed by atoms with van der Waals surface area (Å²) in [4.78, 5) is 11.8. The molecule has 0 aliphatic rings. The lowest BCUT2D eigenvalue weighted by atomic mass is 10.1. The standard InChI is InChI=1S/C20H23NO3/c1-15-8-10-18(14-16(15)2)24-13-12-21-20(22)11-9-17-6-4-5-7-19(17)23-3/h4-11,14H,12-13H2,1-3H3,(H,21,22)/b11-9+. The van der Waals surface area contributed by atoms with Gasteiger partial charge >= 0.3 is 0 Å². The number of carbonyl (C=O) groups excluding carboxylic acids is 1. The molecule has 126 valence electrons. The van der Waals surface area contributed by atoms with Gasteiger partial charge in [0, 0.05) is 11.6 Å². The van der Waals surface area contributed by atoms with Crippen molar-refractivity contribution >= 4 is 12.0 Å². The number of amides is 1. The Kier molecular flexibility index (Phi) is 6.43. The van der Waals surface area contributed by atoms with E-state index in [2.05, 4.69) is 12.2 Å². The second kappa shape index (κ2) is 8.77. The van der Waals surface area contributed by atoms with Gasteiger partial charge in [-0.05, 0) is 49.2 Å². The number of benzene rings is 2. The number of ether oxygens (including phenoxy) is 2. The second-order valence-electron chi connectivity index (χ2n) is 5.46. The van der Waals surface area contributed by atoms with Crippen molar-refractivity contribution < 1.29 is 14.3 Å². The van der Waals surface area contributed by atoms with E-state index in [0.29, 0.717) is 13.2 Å². The van der Waals surface area contributed by atoms with Crippen molar-refractivity contribution in [1.29, 1.82) is 0 Å². The number of carbonyl (C=O) groups is 1. The summed E-state index contributed by atoms with van der Waals surface area (Å²) in [7, 11) is 1.61. The van der Waals surface area contributed by atoms with Gasteiger partial charge in [-0.15, -0.1) is 0 Å². The van der Waals surface area contributed by atoms with Gasteiger partial charge in [0.05, 0.1) is 13.7 Å². The predicted octanol–water partition coefficient (Wildman–Crippen LogP) is 3.52. The van der Waals surface area contributed by atoms with Crippen molar-refractivity contribution in [3.05, 3.63) is 65.2 Å². The maximum atomic E-state index is 11.8. The highest BCUT2D eigenvalue weighted by Gasteiger charge is 2.00. The summed E-state index contributed by atoms with van der Waals surface area (Å²) in [6, 6.07) is 13.5. The number of hydrogen-bond donors (Lipinski definition) is 1. The van der Waals surface area contributed by atoms with E-state index in [1.165, 1.54) is 17.2 Å². The Morgan fingerprint density at radius 2 is 1.92 bits per heavy atom. The fraction of sp³-hybridized carbons (Fsp3) is 0.250. The van der Waals surface area contributed by atoms with Crippen molar-refractivity contribution in [1.82, 2.24) is 5.32 Å². The molecule has 0 spiro atoms. The van der Waals surface area contributed by atoms with E-state index in [1.54, 1.807) is 13.2 Å². The first-order chi connectivity index (χ1) is 11.6. The van der Waals surface area contributed by atoms with Crippen molar-refractivity contribution in [3.63, 3.8) is 0 Å². The third kappa shape index (κ3) is 5.16. The first kappa shape index (κ1) is 17.6. The van der Waals surface area contributed by atoms with Crippen LogP contribution in [0, 0.1) is 13.8 Å². The first-order valence-electron chi connectivity index (χ1n) is 7.89. The molecule has 4 nitrogen and oxygen atoms in total. The number of para-hydroxylation sites is 1. The zero-order valence-corrected chi connectivity index (χ0v) is 14.3. The van der Waals surface area contributed by atoms with Gasteiger partial charge < -0.3 is 14.8 Å². The van der Waals surface area contributed by atoms with Gasteiger partial charge in [0.2, 0.25) is 5.91 Å². The van der Waals surface area contributed by atoms with Crippen LogP contribution >= 0.6 is 0 Å². The van der Waals surface area contributed by atoms with Gasteiger partial charge in [-0.2, -0.15) is 0 Å². The van der Waals surface area contributed by atoms with Crippen LogP contribution in [0.4, 0.5) is 0 Å². The number of nitrogens with one attached hydrogen (secondary N) is 1. The molecule has 24 heavy (non-hydrogen) atoms. The van der Waals surface area contributed by atoms with Gasteiger partial charge in [0.25, 0.3) is 0 Å². The molecule has 0 saturated heterocycles. The molecule has 0 aliphatic carbocycles. The summed E-state index contributed by atoms with van der Waals surface area (Å²) in [6.45, 7) is 4.98. The normalized spacial score (nSPS) is 10.6. The van der Waals surface area contributed by atoms with Crippen LogP contribution in [0.15, 0.2) is 48.5 Å². The van der Waals surface area contributed by atoms with Crippen LogP contribution in [0.3, 0.4) is 0 Å². The van der Waals surface area contributed by atoms with E-state index in [9.17, 15) is 4.79 Å². The van der Waals surface area contributed by atoms with E-state index in [-0.39, 0.29) is 5.91 Å². The topological polar surface area (TPSA) is 47.6 Å². The highest BCUT2D eigenvalue weighted by molar-refractivity contribution is 5.92. The van der Waals surface area contributed by atoms with Crippen LogP contribution in [0.1, 0.15) is 16.7 Å². The molecule has 2 aromatic carbocycles. The number of methoxy groups -OCH3 is 1. The highest BCUT2D eigenvalue weighted by atomic mass is 16.5. The monoisotopic (exact) mass is 325 g/mol. The molecule has 4 heteroatoms. The van der Waals surface area contributed by atoms with E-state index >= 15 is 0 Å². The van der Waals surface area contributed by atoms with Crippen LogP contribution < -0.4 is 14.8 Å². The molecule has 1 N–H and O–H groups in total. The first-order valence-corrected chi connectivity index (χ1v) is 7.89. The molecule has 0 saturated carbocycles. The Morgan fingerprint density at radius 3 is 2.67 bits per heavy atom. The second-order valence-corrected chi connectivity index (χ2v) is 5.46. The van der Waals surface area contributed by atoms with E-state index in [0.717, 1.165) is 17.1 Å². The van der Waals surface area contributed by atoms with Crippen LogP contribution in [-0.2, 0) is 4.79 Å². The molecule has 0 aliphatic heterocycles. The van der Waals surface area contributed by atoms with Crippen molar-refractivity contribution in [2.75, 3.05) is 20.3 Å². The Balaban J connectivity index is 1.77. The van der Waals surface area contributed by atoms with Crippen molar-refractivity contribution in [2.24, 2.45) is 0 Å².